The number of ether oxygens (including phenoxy) is 2. The normalized spacial score (nSPS) is 23.6. The zero-order chi connectivity index (χ0) is 12.0. The molecule has 7 heteroatoms. The summed E-state index contributed by atoms with van der Waals surface area (Å²) in [4.78, 5) is 2.05. The minimum absolute atomic E-state index is 0.106. The summed E-state index contributed by atoms with van der Waals surface area (Å²) in [5.74, 6) is 0. The first-order chi connectivity index (χ1) is 7.51. The van der Waals surface area contributed by atoms with Gasteiger partial charge in [0.1, 0.15) is 6.61 Å². The fourth-order valence-electron chi connectivity index (χ4n) is 1.46. The molecule has 1 fully saturated rings. The first-order valence-electron chi connectivity index (χ1n) is 5.05. The second-order valence-corrected chi connectivity index (χ2v) is 4.26. The summed E-state index contributed by atoms with van der Waals surface area (Å²) in [5.41, 5.74) is 0. The molecule has 0 aliphatic carbocycles. The molecule has 1 rings (SSSR count). The van der Waals surface area contributed by atoms with Gasteiger partial charge in [-0.2, -0.15) is 13.2 Å². The zero-order valence-electron chi connectivity index (χ0n) is 8.80. The van der Waals surface area contributed by atoms with Crippen molar-refractivity contribution in [3.63, 3.8) is 0 Å². The van der Waals surface area contributed by atoms with Gasteiger partial charge in [0.15, 0.2) is 0 Å². The number of hydrogen-bond donors (Lipinski definition) is 0. The van der Waals surface area contributed by atoms with Gasteiger partial charge < -0.3 is 9.47 Å². The van der Waals surface area contributed by atoms with E-state index in [0.717, 1.165) is 18.4 Å². The summed E-state index contributed by atoms with van der Waals surface area (Å²) in [6.07, 6.45) is -4.11. The fourth-order valence-corrected chi connectivity index (χ4v) is 1.85. The first kappa shape index (κ1) is 14.2. The minimum atomic E-state index is -4.23. The van der Waals surface area contributed by atoms with Crippen LogP contribution >= 0.6 is 15.9 Å². The van der Waals surface area contributed by atoms with Gasteiger partial charge in [-0.05, 0) is 0 Å². The second kappa shape index (κ2) is 6.78. The second-order valence-electron chi connectivity index (χ2n) is 3.62. The van der Waals surface area contributed by atoms with Gasteiger partial charge in [0.2, 0.25) is 0 Å². The topological polar surface area (TPSA) is 21.7 Å². The molecule has 1 atom stereocenters. The van der Waals surface area contributed by atoms with Crippen LogP contribution in [0.25, 0.3) is 0 Å². The van der Waals surface area contributed by atoms with Crippen LogP contribution in [0.4, 0.5) is 13.2 Å². The van der Waals surface area contributed by atoms with Gasteiger partial charge >= 0.3 is 6.18 Å². The van der Waals surface area contributed by atoms with Gasteiger partial charge in [0.05, 0.1) is 19.3 Å². The summed E-state index contributed by atoms with van der Waals surface area (Å²) in [6.45, 7) is 1.56. The third-order valence-electron chi connectivity index (χ3n) is 2.21. The van der Waals surface area contributed by atoms with Crippen molar-refractivity contribution in [2.75, 3.05) is 44.8 Å². The van der Waals surface area contributed by atoms with Crippen molar-refractivity contribution in [2.24, 2.45) is 0 Å². The van der Waals surface area contributed by atoms with Crippen LogP contribution in [0.1, 0.15) is 0 Å². The summed E-state index contributed by atoms with van der Waals surface area (Å²) < 4.78 is 45.3. The zero-order valence-corrected chi connectivity index (χ0v) is 10.4. The van der Waals surface area contributed by atoms with E-state index in [0.29, 0.717) is 13.2 Å². The Kier molecular flexibility index (Phi) is 6.02. The molecule has 16 heavy (non-hydrogen) atoms. The molecule has 0 aromatic rings. The fraction of sp³-hybridized carbons (Fsp3) is 1.00. The van der Waals surface area contributed by atoms with Crippen LogP contribution in [0.2, 0.25) is 0 Å². The maximum absolute atomic E-state index is 11.8. The highest BCUT2D eigenvalue weighted by atomic mass is 79.9. The molecular formula is C9H15BrF3NO2. The van der Waals surface area contributed by atoms with Gasteiger partial charge in [-0.1, -0.05) is 15.9 Å². The Morgan fingerprint density at radius 3 is 2.81 bits per heavy atom. The standard InChI is InChI=1S/C9H15BrF3NO2/c10-5-8-6-14(2-4-16-8)1-3-15-7-9(11,12)13/h8H,1-7H2. The molecule has 0 amide bonds. The van der Waals surface area contributed by atoms with Gasteiger partial charge in [-0.15, -0.1) is 0 Å². The van der Waals surface area contributed by atoms with Crippen LogP contribution in [0, 0.1) is 0 Å². The number of alkyl halides is 4. The van der Waals surface area contributed by atoms with Crippen molar-refractivity contribution in [3.8, 4) is 0 Å². The van der Waals surface area contributed by atoms with Crippen molar-refractivity contribution in [3.05, 3.63) is 0 Å². The van der Waals surface area contributed by atoms with Crippen molar-refractivity contribution < 1.29 is 22.6 Å². The lowest BCUT2D eigenvalue weighted by Gasteiger charge is -2.31. The highest BCUT2D eigenvalue weighted by molar-refractivity contribution is 9.09. The average Bonchev–Trinajstić information content (AvgIpc) is 2.23. The van der Waals surface area contributed by atoms with E-state index in [1.54, 1.807) is 0 Å². The lowest BCUT2D eigenvalue weighted by Crippen LogP contribution is -2.44. The quantitative estimate of drug-likeness (QED) is 0.570. The van der Waals surface area contributed by atoms with E-state index in [2.05, 4.69) is 20.7 Å². The molecule has 0 bridgehead atoms. The average molecular weight is 306 g/mol. The molecular weight excluding hydrogens is 291 g/mol. The summed E-state index contributed by atoms with van der Waals surface area (Å²) in [6, 6.07) is 0. The van der Waals surface area contributed by atoms with E-state index in [1.807, 2.05) is 4.90 Å². The number of hydrogen-bond acceptors (Lipinski definition) is 3. The van der Waals surface area contributed by atoms with Gasteiger partial charge in [-0.3, -0.25) is 4.90 Å². The maximum atomic E-state index is 11.8. The van der Waals surface area contributed by atoms with Crippen molar-refractivity contribution >= 4 is 15.9 Å². The van der Waals surface area contributed by atoms with Crippen LogP contribution in [-0.4, -0.2) is 62.0 Å². The molecule has 0 aromatic heterocycles. The van der Waals surface area contributed by atoms with E-state index in [1.165, 1.54) is 0 Å². The number of nitrogens with zero attached hydrogens (tertiary/aromatic N) is 1. The summed E-state index contributed by atoms with van der Waals surface area (Å²) in [7, 11) is 0. The largest absolute Gasteiger partial charge is 0.411 e. The van der Waals surface area contributed by atoms with Gasteiger partial charge in [0, 0.05) is 25.0 Å². The molecule has 0 aromatic carbocycles. The van der Waals surface area contributed by atoms with Crippen molar-refractivity contribution in [2.45, 2.75) is 12.3 Å². The van der Waals surface area contributed by atoms with E-state index in [4.69, 9.17) is 4.74 Å². The van der Waals surface area contributed by atoms with Crippen LogP contribution in [0.3, 0.4) is 0 Å². The molecule has 96 valence electrons. The predicted octanol–water partition coefficient (Wildman–Crippen LogP) is 1.66. The van der Waals surface area contributed by atoms with Crippen LogP contribution in [0.15, 0.2) is 0 Å². The summed E-state index contributed by atoms with van der Waals surface area (Å²) >= 11 is 3.31. The Morgan fingerprint density at radius 2 is 2.19 bits per heavy atom. The predicted molar refractivity (Wildman–Crippen MR) is 56.8 cm³/mol. The maximum Gasteiger partial charge on any atom is 0.411 e. The van der Waals surface area contributed by atoms with Crippen molar-refractivity contribution in [1.82, 2.24) is 4.90 Å². The van der Waals surface area contributed by atoms with Crippen molar-refractivity contribution in [1.29, 1.82) is 0 Å². The smallest absolute Gasteiger partial charge is 0.375 e. The molecule has 1 heterocycles. The van der Waals surface area contributed by atoms with E-state index in [9.17, 15) is 13.2 Å². The van der Waals surface area contributed by atoms with Gasteiger partial charge in [0.25, 0.3) is 0 Å². The molecule has 0 N–H and O–H groups in total. The molecule has 0 spiro atoms. The van der Waals surface area contributed by atoms with E-state index < -0.39 is 12.8 Å². The Hall–Kier alpha value is 0.150. The third kappa shape index (κ3) is 6.03. The van der Waals surface area contributed by atoms with E-state index >= 15 is 0 Å². The molecule has 3 nitrogen and oxygen atoms in total. The Balaban J connectivity index is 2.08. The SMILES string of the molecule is FC(F)(F)COCCN1CCOC(CBr)C1. The molecule has 0 saturated carbocycles. The molecule has 1 unspecified atom stereocenters. The third-order valence-corrected chi connectivity index (χ3v) is 2.93. The molecule has 1 saturated heterocycles. The number of rotatable bonds is 5. The van der Waals surface area contributed by atoms with E-state index in [-0.39, 0.29) is 12.7 Å². The van der Waals surface area contributed by atoms with Gasteiger partial charge in [-0.25, -0.2) is 0 Å². The first-order valence-corrected chi connectivity index (χ1v) is 6.18. The summed E-state index contributed by atoms with van der Waals surface area (Å²) in [5, 5.41) is 0.743. The lowest BCUT2D eigenvalue weighted by molar-refractivity contribution is -0.175. The molecule has 1 aliphatic heterocycles. The number of morpholine rings is 1. The Bertz CT molecular complexity index is 204. The monoisotopic (exact) mass is 305 g/mol. The van der Waals surface area contributed by atoms with Crippen LogP contribution in [0.5, 0.6) is 0 Å². The molecule has 0 radical (unpaired) electrons. The van der Waals surface area contributed by atoms with Crippen LogP contribution < -0.4 is 0 Å². The lowest BCUT2D eigenvalue weighted by atomic mass is 10.3. The highest BCUT2D eigenvalue weighted by Gasteiger charge is 2.27. The highest BCUT2D eigenvalue weighted by Crippen LogP contribution is 2.14. The number of halogens is 4. The Morgan fingerprint density at radius 1 is 1.44 bits per heavy atom. The van der Waals surface area contributed by atoms with Crippen LogP contribution in [-0.2, 0) is 9.47 Å². The molecule has 1 aliphatic rings. The Labute approximate surface area is 101 Å². The minimum Gasteiger partial charge on any atom is -0.375 e.